The monoisotopic (exact) mass is 428 g/mol. The Morgan fingerprint density at radius 2 is 1.60 bits per heavy atom. The van der Waals surface area contributed by atoms with Gasteiger partial charge in [-0.2, -0.15) is 4.31 Å². The van der Waals surface area contributed by atoms with Gasteiger partial charge in [0, 0.05) is 11.7 Å². The Morgan fingerprint density at radius 1 is 0.967 bits per heavy atom. The van der Waals surface area contributed by atoms with Crippen LogP contribution in [-0.2, 0) is 14.8 Å². The van der Waals surface area contributed by atoms with E-state index in [9.17, 15) is 13.2 Å². The summed E-state index contributed by atoms with van der Waals surface area (Å²) in [6, 6.07) is 11.2. The van der Waals surface area contributed by atoms with Crippen molar-refractivity contribution >= 4 is 21.6 Å². The van der Waals surface area contributed by atoms with Crippen molar-refractivity contribution in [2.75, 3.05) is 11.9 Å². The maximum atomic E-state index is 13.8. The first kappa shape index (κ1) is 22.5. The third-order valence-corrected chi connectivity index (χ3v) is 7.96. The maximum absolute atomic E-state index is 13.8. The van der Waals surface area contributed by atoms with Gasteiger partial charge in [-0.15, -0.1) is 0 Å². The van der Waals surface area contributed by atoms with Gasteiger partial charge in [0.05, 0.1) is 11.4 Å². The largest absolute Gasteiger partial charge is 0.325 e. The Labute approximate surface area is 180 Å². The van der Waals surface area contributed by atoms with Crippen LogP contribution in [0.25, 0.3) is 0 Å². The Balaban J connectivity index is 1.93. The maximum Gasteiger partial charge on any atom is 0.244 e. The zero-order chi connectivity index (χ0) is 21.9. The second kappa shape index (κ2) is 9.31. The van der Waals surface area contributed by atoms with Crippen LogP contribution in [0.2, 0.25) is 0 Å². The Bertz CT molecular complexity index is 1000. The fraction of sp³-hybridized carbons (Fsp3) is 0.458. The fourth-order valence-electron chi connectivity index (χ4n) is 4.54. The SMILES string of the molecule is Cc1cccc(NC(=O)CN(C2CCCCC2)S(=O)(=O)c2c(C)cc(C)cc2C)c1. The molecule has 162 valence electrons. The molecule has 1 N–H and O–H groups in total. The highest BCUT2D eigenvalue weighted by atomic mass is 32.2. The molecule has 3 rings (SSSR count). The Kier molecular flexibility index (Phi) is 6.98. The van der Waals surface area contributed by atoms with Crippen molar-refractivity contribution in [1.29, 1.82) is 0 Å². The van der Waals surface area contributed by atoms with Crippen LogP contribution in [-0.4, -0.2) is 31.2 Å². The minimum Gasteiger partial charge on any atom is -0.325 e. The van der Waals surface area contributed by atoms with Gasteiger partial charge in [-0.1, -0.05) is 49.1 Å². The second-order valence-corrected chi connectivity index (χ2v) is 10.3. The van der Waals surface area contributed by atoms with E-state index in [1.807, 2.05) is 64.1 Å². The molecule has 0 atom stereocenters. The molecule has 1 aliphatic carbocycles. The highest BCUT2D eigenvalue weighted by molar-refractivity contribution is 7.89. The van der Waals surface area contributed by atoms with Crippen molar-refractivity contribution in [2.24, 2.45) is 0 Å². The fourth-order valence-corrected chi connectivity index (χ4v) is 6.59. The standard InChI is InChI=1S/C24H32N2O3S/c1-17-9-8-10-21(15-17)25-23(27)16-26(22-11-6-5-7-12-22)30(28,29)24-19(3)13-18(2)14-20(24)4/h8-10,13-15,22H,5-7,11-12,16H2,1-4H3,(H,25,27). The molecule has 1 saturated carbocycles. The number of carbonyl (C=O) groups is 1. The first-order chi connectivity index (χ1) is 14.2. The van der Waals surface area contributed by atoms with Gasteiger partial charge in [0.25, 0.3) is 0 Å². The van der Waals surface area contributed by atoms with Crippen LogP contribution in [0.15, 0.2) is 41.3 Å². The molecule has 1 amide bonds. The van der Waals surface area contributed by atoms with Crippen molar-refractivity contribution in [3.05, 3.63) is 58.7 Å². The number of nitrogens with zero attached hydrogens (tertiary/aromatic N) is 1. The van der Waals surface area contributed by atoms with Gasteiger partial charge in [-0.25, -0.2) is 8.42 Å². The molecule has 1 fully saturated rings. The molecule has 0 heterocycles. The molecule has 2 aromatic rings. The van der Waals surface area contributed by atoms with E-state index in [2.05, 4.69) is 5.32 Å². The molecule has 0 unspecified atom stereocenters. The van der Waals surface area contributed by atoms with Crippen LogP contribution in [0.4, 0.5) is 5.69 Å². The summed E-state index contributed by atoms with van der Waals surface area (Å²) in [5.74, 6) is -0.308. The molecule has 0 radical (unpaired) electrons. The summed E-state index contributed by atoms with van der Waals surface area (Å²) in [4.78, 5) is 13.2. The van der Waals surface area contributed by atoms with Crippen LogP contribution in [0.3, 0.4) is 0 Å². The first-order valence-electron chi connectivity index (χ1n) is 10.6. The van der Waals surface area contributed by atoms with E-state index in [4.69, 9.17) is 0 Å². The zero-order valence-electron chi connectivity index (χ0n) is 18.4. The molecule has 0 aliphatic heterocycles. The van der Waals surface area contributed by atoms with E-state index in [0.29, 0.717) is 10.6 Å². The number of anilines is 1. The molecule has 30 heavy (non-hydrogen) atoms. The van der Waals surface area contributed by atoms with Crippen LogP contribution in [0.5, 0.6) is 0 Å². The van der Waals surface area contributed by atoms with Crippen LogP contribution >= 0.6 is 0 Å². The van der Waals surface area contributed by atoms with Gasteiger partial charge in [0.1, 0.15) is 0 Å². The molecular formula is C24H32N2O3S. The molecule has 0 saturated heterocycles. The smallest absolute Gasteiger partial charge is 0.244 e. The van der Waals surface area contributed by atoms with Crippen molar-refractivity contribution in [3.63, 3.8) is 0 Å². The predicted octanol–water partition coefficient (Wildman–Crippen LogP) is 4.88. The topological polar surface area (TPSA) is 66.5 Å². The normalized spacial score (nSPS) is 15.4. The zero-order valence-corrected chi connectivity index (χ0v) is 19.2. The summed E-state index contributed by atoms with van der Waals surface area (Å²) in [6.07, 6.45) is 4.67. The van der Waals surface area contributed by atoms with E-state index in [1.165, 1.54) is 4.31 Å². The second-order valence-electron chi connectivity index (χ2n) is 8.49. The number of rotatable bonds is 6. The summed E-state index contributed by atoms with van der Waals surface area (Å²) >= 11 is 0. The minimum absolute atomic E-state index is 0.146. The third kappa shape index (κ3) is 5.10. The van der Waals surface area contributed by atoms with Crippen LogP contribution < -0.4 is 5.32 Å². The summed E-state index contributed by atoms with van der Waals surface area (Å²) < 4.78 is 29.0. The number of aryl methyl sites for hydroxylation is 4. The van der Waals surface area contributed by atoms with E-state index < -0.39 is 10.0 Å². The number of hydrogen-bond acceptors (Lipinski definition) is 3. The predicted molar refractivity (Wildman–Crippen MR) is 121 cm³/mol. The summed E-state index contributed by atoms with van der Waals surface area (Å²) in [7, 11) is -3.80. The van der Waals surface area contributed by atoms with Crippen LogP contribution in [0.1, 0.15) is 54.4 Å². The lowest BCUT2D eigenvalue weighted by atomic mass is 9.95. The Morgan fingerprint density at radius 3 is 2.20 bits per heavy atom. The van der Waals surface area contributed by atoms with Gasteiger partial charge in [-0.05, 0) is 69.4 Å². The van der Waals surface area contributed by atoms with E-state index in [1.54, 1.807) is 0 Å². The average molecular weight is 429 g/mol. The van der Waals surface area contributed by atoms with Gasteiger partial charge in [0.2, 0.25) is 15.9 Å². The van der Waals surface area contributed by atoms with Crippen LogP contribution in [0, 0.1) is 27.7 Å². The highest BCUT2D eigenvalue weighted by Gasteiger charge is 2.35. The molecular weight excluding hydrogens is 396 g/mol. The number of benzene rings is 2. The van der Waals surface area contributed by atoms with Gasteiger partial charge in [-0.3, -0.25) is 4.79 Å². The van der Waals surface area contributed by atoms with Gasteiger partial charge in [0.15, 0.2) is 0 Å². The quantitative estimate of drug-likeness (QED) is 0.713. The Hall–Kier alpha value is -2.18. The lowest BCUT2D eigenvalue weighted by Crippen LogP contribution is -2.46. The van der Waals surface area contributed by atoms with E-state index in [-0.39, 0.29) is 18.5 Å². The molecule has 1 aliphatic rings. The average Bonchev–Trinajstić information content (AvgIpc) is 2.65. The van der Waals surface area contributed by atoms with Crippen molar-refractivity contribution in [1.82, 2.24) is 4.31 Å². The van der Waals surface area contributed by atoms with Gasteiger partial charge < -0.3 is 5.32 Å². The highest BCUT2D eigenvalue weighted by Crippen LogP contribution is 2.31. The lowest BCUT2D eigenvalue weighted by Gasteiger charge is -2.33. The number of amides is 1. The summed E-state index contributed by atoms with van der Waals surface area (Å²) in [5.41, 5.74) is 4.21. The van der Waals surface area contributed by atoms with Crippen molar-refractivity contribution in [3.8, 4) is 0 Å². The van der Waals surface area contributed by atoms with Crippen molar-refractivity contribution < 1.29 is 13.2 Å². The number of hydrogen-bond donors (Lipinski definition) is 1. The summed E-state index contributed by atoms with van der Waals surface area (Å²) in [5, 5.41) is 2.87. The van der Waals surface area contributed by atoms with E-state index >= 15 is 0 Å². The molecule has 0 aromatic heterocycles. The molecule has 6 heteroatoms. The number of sulfonamides is 1. The minimum atomic E-state index is -3.80. The third-order valence-electron chi connectivity index (χ3n) is 5.75. The number of carbonyl (C=O) groups excluding carboxylic acids is 1. The molecule has 2 aromatic carbocycles. The first-order valence-corrected chi connectivity index (χ1v) is 12.1. The molecule has 0 spiro atoms. The van der Waals surface area contributed by atoms with Gasteiger partial charge >= 0.3 is 0 Å². The summed E-state index contributed by atoms with van der Waals surface area (Å²) in [6.45, 7) is 7.41. The van der Waals surface area contributed by atoms with E-state index in [0.717, 1.165) is 54.4 Å². The lowest BCUT2D eigenvalue weighted by molar-refractivity contribution is -0.116. The van der Waals surface area contributed by atoms with Crippen molar-refractivity contribution in [2.45, 2.75) is 70.7 Å². The molecule has 5 nitrogen and oxygen atoms in total. The number of nitrogens with one attached hydrogen (secondary N) is 1. The molecule has 0 bridgehead atoms.